The van der Waals surface area contributed by atoms with Crippen LogP contribution in [-0.2, 0) is 11.2 Å². The molecule has 3 N–H and O–H groups in total. The lowest BCUT2D eigenvalue weighted by Crippen LogP contribution is -2.06. The first-order valence-corrected chi connectivity index (χ1v) is 7.61. The Bertz CT molecular complexity index is 627. The van der Waals surface area contributed by atoms with Crippen molar-refractivity contribution in [3.05, 3.63) is 29.6 Å². The van der Waals surface area contributed by atoms with Crippen molar-refractivity contribution in [2.45, 2.75) is 36.7 Å². The zero-order chi connectivity index (χ0) is 15.2. The molecule has 0 radical (unpaired) electrons. The van der Waals surface area contributed by atoms with Gasteiger partial charge in [0.25, 0.3) is 0 Å². The van der Waals surface area contributed by atoms with Gasteiger partial charge in [0.15, 0.2) is 0 Å². The maximum atomic E-state index is 11.8. The molecule has 1 heterocycles. The first kappa shape index (κ1) is 15.4. The molecule has 0 amide bonds. The van der Waals surface area contributed by atoms with Gasteiger partial charge in [-0.15, -0.1) is 5.10 Å². The summed E-state index contributed by atoms with van der Waals surface area (Å²) in [6.45, 7) is 4.36. The van der Waals surface area contributed by atoms with Crippen molar-refractivity contribution in [1.82, 2.24) is 15.2 Å². The summed E-state index contributed by atoms with van der Waals surface area (Å²) in [6, 6.07) is 5.10. The molecule has 6 nitrogen and oxygen atoms in total. The monoisotopic (exact) mass is 306 g/mol. The zero-order valence-corrected chi connectivity index (χ0v) is 12.9. The van der Waals surface area contributed by atoms with E-state index < -0.39 is 0 Å². The van der Waals surface area contributed by atoms with Gasteiger partial charge in [0, 0.05) is 17.0 Å². The third kappa shape index (κ3) is 3.98. The van der Waals surface area contributed by atoms with Crippen LogP contribution in [0.15, 0.2) is 28.3 Å². The van der Waals surface area contributed by atoms with Crippen molar-refractivity contribution < 1.29 is 9.53 Å². The lowest BCUT2D eigenvalue weighted by molar-refractivity contribution is 0.0505. The predicted molar refractivity (Wildman–Crippen MR) is 81.3 cm³/mol. The minimum absolute atomic E-state index is 0.355. The number of carbonyl (C=O) groups is 1. The van der Waals surface area contributed by atoms with E-state index in [2.05, 4.69) is 15.2 Å². The third-order valence-electron chi connectivity index (χ3n) is 2.73. The van der Waals surface area contributed by atoms with Gasteiger partial charge in [-0.3, -0.25) is 5.10 Å². The number of nitrogens with one attached hydrogen (secondary N) is 1. The highest BCUT2D eigenvalue weighted by Gasteiger charge is 2.11. The van der Waals surface area contributed by atoms with Gasteiger partial charge in [0.2, 0.25) is 5.16 Å². The van der Waals surface area contributed by atoms with Crippen molar-refractivity contribution in [3.8, 4) is 0 Å². The second-order valence-electron chi connectivity index (χ2n) is 4.41. The Hall–Kier alpha value is -2.02. The lowest BCUT2D eigenvalue weighted by Gasteiger charge is -2.06. The van der Waals surface area contributed by atoms with Gasteiger partial charge >= 0.3 is 5.97 Å². The molecule has 0 bridgehead atoms. The van der Waals surface area contributed by atoms with Crippen LogP contribution in [0.2, 0.25) is 0 Å². The molecule has 0 saturated carbocycles. The van der Waals surface area contributed by atoms with E-state index in [1.54, 1.807) is 18.2 Å². The molecule has 0 spiro atoms. The van der Waals surface area contributed by atoms with Gasteiger partial charge in [0.05, 0.1) is 12.2 Å². The van der Waals surface area contributed by atoms with Gasteiger partial charge in [-0.2, -0.15) is 0 Å². The first-order valence-electron chi connectivity index (χ1n) is 6.79. The molecule has 2 aromatic rings. The fraction of sp³-hybridized carbons (Fsp3) is 0.357. The lowest BCUT2D eigenvalue weighted by atomic mass is 10.2. The molecule has 0 saturated heterocycles. The summed E-state index contributed by atoms with van der Waals surface area (Å²) in [5, 5.41) is 7.56. The number of ether oxygens (including phenoxy) is 1. The Morgan fingerprint density at radius 1 is 1.43 bits per heavy atom. The molecular formula is C14H18N4O2S. The number of aromatic nitrogens is 3. The summed E-state index contributed by atoms with van der Waals surface area (Å²) in [7, 11) is 0. The van der Waals surface area contributed by atoms with E-state index in [9.17, 15) is 4.79 Å². The highest BCUT2D eigenvalue weighted by molar-refractivity contribution is 7.99. The summed E-state index contributed by atoms with van der Waals surface area (Å²) in [5.74, 6) is 0.474. The topological polar surface area (TPSA) is 93.9 Å². The van der Waals surface area contributed by atoms with Crippen LogP contribution in [0.5, 0.6) is 0 Å². The van der Waals surface area contributed by atoms with Gasteiger partial charge in [-0.25, -0.2) is 9.78 Å². The Kier molecular flexibility index (Phi) is 5.21. The van der Waals surface area contributed by atoms with E-state index in [0.29, 0.717) is 23.0 Å². The van der Waals surface area contributed by atoms with E-state index in [0.717, 1.165) is 23.6 Å². The zero-order valence-electron chi connectivity index (χ0n) is 12.0. The molecule has 1 aromatic carbocycles. The number of aryl methyl sites for hydroxylation is 1. The van der Waals surface area contributed by atoms with Crippen molar-refractivity contribution >= 4 is 23.4 Å². The molecule has 0 aliphatic carbocycles. The summed E-state index contributed by atoms with van der Waals surface area (Å²) in [4.78, 5) is 16.9. The van der Waals surface area contributed by atoms with Crippen LogP contribution < -0.4 is 5.73 Å². The van der Waals surface area contributed by atoms with E-state index in [-0.39, 0.29) is 5.97 Å². The van der Waals surface area contributed by atoms with Crippen molar-refractivity contribution in [1.29, 1.82) is 0 Å². The number of hydrogen-bond acceptors (Lipinski definition) is 6. The number of rotatable bonds is 6. The van der Waals surface area contributed by atoms with Crippen LogP contribution in [-0.4, -0.2) is 27.8 Å². The van der Waals surface area contributed by atoms with E-state index in [4.69, 9.17) is 10.5 Å². The molecule has 21 heavy (non-hydrogen) atoms. The molecule has 1 aromatic heterocycles. The number of H-pyrrole nitrogens is 1. The molecule has 0 unspecified atom stereocenters. The average molecular weight is 306 g/mol. The number of hydrogen-bond donors (Lipinski definition) is 2. The fourth-order valence-electron chi connectivity index (χ4n) is 1.63. The highest BCUT2D eigenvalue weighted by atomic mass is 32.2. The number of benzene rings is 1. The maximum absolute atomic E-state index is 11.8. The molecule has 112 valence electrons. The van der Waals surface area contributed by atoms with Gasteiger partial charge < -0.3 is 10.5 Å². The van der Waals surface area contributed by atoms with Crippen LogP contribution in [0, 0.1) is 0 Å². The molecule has 0 aliphatic heterocycles. The van der Waals surface area contributed by atoms with Gasteiger partial charge in [0.1, 0.15) is 5.82 Å². The van der Waals surface area contributed by atoms with Crippen LogP contribution in [0.3, 0.4) is 0 Å². The Labute approximate surface area is 127 Å². The van der Waals surface area contributed by atoms with Crippen LogP contribution in [0.1, 0.15) is 36.5 Å². The SMILES string of the molecule is CCCOC(=O)c1ccc(Sc2n[nH]c(CC)n2)c(N)c1. The molecule has 0 fully saturated rings. The second kappa shape index (κ2) is 7.12. The van der Waals surface area contributed by atoms with Crippen molar-refractivity contribution in [3.63, 3.8) is 0 Å². The Morgan fingerprint density at radius 2 is 2.24 bits per heavy atom. The standard InChI is InChI=1S/C14H18N4O2S/c1-3-7-20-13(19)9-5-6-11(10(15)8-9)21-14-16-12(4-2)17-18-14/h5-6,8H,3-4,7,15H2,1-2H3,(H,16,17,18). The molecule has 7 heteroatoms. The minimum atomic E-state index is -0.355. The van der Waals surface area contributed by atoms with Gasteiger partial charge in [-0.05, 0) is 36.4 Å². The number of nitrogen functional groups attached to an aromatic ring is 1. The highest BCUT2D eigenvalue weighted by Crippen LogP contribution is 2.30. The van der Waals surface area contributed by atoms with Crippen LogP contribution in [0.25, 0.3) is 0 Å². The van der Waals surface area contributed by atoms with E-state index in [1.807, 2.05) is 13.8 Å². The number of carbonyl (C=O) groups excluding carboxylic acids is 1. The van der Waals surface area contributed by atoms with Crippen LogP contribution in [0.4, 0.5) is 5.69 Å². The number of esters is 1. The summed E-state index contributed by atoms with van der Waals surface area (Å²) in [5.41, 5.74) is 6.94. The summed E-state index contributed by atoms with van der Waals surface area (Å²) in [6.07, 6.45) is 1.59. The minimum Gasteiger partial charge on any atom is -0.462 e. The number of aromatic amines is 1. The van der Waals surface area contributed by atoms with Crippen molar-refractivity contribution in [2.24, 2.45) is 0 Å². The van der Waals surface area contributed by atoms with Crippen molar-refractivity contribution in [2.75, 3.05) is 12.3 Å². The molecular weight excluding hydrogens is 288 g/mol. The number of nitrogens with zero attached hydrogens (tertiary/aromatic N) is 2. The largest absolute Gasteiger partial charge is 0.462 e. The predicted octanol–water partition coefficient (Wildman–Crippen LogP) is 2.67. The third-order valence-corrected chi connectivity index (χ3v) is 3.69. The molecule has 0 atom stereocenters. The van der Waals surface area contributed by atoms with E-state index >= 15 is 0 Å². The Morgan fingerprint density at radius 3 is 2.86 bits per heavy atom. The van der Waals surface area contributed by atoms with Crippen LogP contribution >= 0.6 is 11.8 Å². The van der Waals surface area contributed by atoms with Gasteiger partial charge in [-0.1, -0.05) is 13.8 Å². The second-order valence-corrected chi connectivity index (χ2v) is 5.42. The summed E-state index contributed by atoms with van der Waals surface area (Å²) < 4.78 is 5.08. The normalized spacial score (nSPS) is 10.6. The Balaban J connectivity index is 2.10. The van der Waals surface area contributed by atoms with E-state index in [1.165, 1.54) is 11.8 Å². The smallest absolute Gasteiger partial charge is 0.338 e. The number of anilines is 1. The average Bonchev–Trinajstić information content (AvgIpc) is 2.94. The maximum Gasteiger partial charge on any atom is 0.338 e. The molecule has 2 rings (SSSR count). The summed E-state index contributed by atoms with van der Waals surface area (Å²) >= 11 is 1.36. The first-order chi connectivity index (χ1) is 10.1. The molecule has 0 aliphatic rings. The fourth-order valence-corrected chi connectivity index (χ4v) is 2.38. The number of nitrogens with two attached hydrogens (primary N) is 1. The quantitative estimate of drug-likeness (QED) is 0.629.